The van der Waals surface area contributed by atoms with Crippen molar-refractivity contribution < 1.29 is 0 Å². The standard InChI is InChI=1S/C12H15N3/c1-8-9(13)6-7-12-14-10-4-2-3-5-11(10)15(8)12/h6-7H,2-5,13H2,1H3. The molecule has 0 radical (unpaired) electrons. The van der Waals surface area contributed by atoms with Crippen molar-refractivity contribution >= 4 is 11.3 Å². The van der Waals surface area contributed by atoms with Crippen molar-refractivity contribution in [3.8, 4) is 0 Å². The van der Waals surface area contributed by atoms with Crippen LogP contribution >= 0.6 is 0 Å². The highest BCUT2D eigenvalue weighted by atomic mass is 15.0. The van der Waals surface area contributed by atoms with Gasteiger partial charge in [0.2, 0.25) is 0 Å². The summed E-state index contributed by atoms with van der Waals surface area (Å²) in [7, 11) is 0. The van der Waals surface area contributed by atoms with E-state index >= 15 is 0 Å². The Morgan fingerprint density at radius 1 is 1.27 bits per heavy atom. The zero-order valence-electron chi connectivity index (χ0n) is 8.95. The Kier molecular flexibility index (Phi) is 1.75. The van der Waals surface area contributed by atoms with Gasteiger partial charge >= 0.3 is 0 Å². The van der Waals surface area contributed by atoms with Gasteiger partial charge in [-0.25, -0.2) is 4.98 Å². The molecule has 3 nitrogen and oxygen atoms in total. The molecule has 0 saturated carbocycles. The smallest absolute Gasteiger partial charge is 0.137 e. The molecule has 0 unspecified atom stereocenters. The maximum Gasteiger partial charge on any atom is 0.137 e. The van der Waals surface area contributed by atoms with Gasteiger partial charge in [0.15, 0.2) is 0 Å². The molecule has 1 aliphatic carbocycles. The van der Waals surface area contributed by atoms with Crippen LogP contribution in [0.15, 0.2) is 12.1 Å². The highest BCUT2D eigenvalue weighted by Gasteiger charge is 2.17. The molecule has 0 amide bonds. The van der Waals surface area contributed by atoms with Crippen molar-refractivity contribution in [2.75, 3.05) is 5.73 Å². The Labute approximate surface area is 88.9 Å². The molecule has 0 saturated heterocycles. The summed E-state index contributed by atoms with van der Waals surface area (Å²) >= 11 is 0. The number of imidazole rings is 1. The maximum atomic E-state index is 5.93. The van der Waals surface area contributed by atoms with Crippen molar-refractivity contribution in [1.82, 2.24) is 9.38 Å². The van der Waals surface area contributed by atoms with E-state index in [1.807, 2.05) is 12.1 Å². The molecule has 15 heavy (non-hydrogen) atoms. The average Bonchev–Trinajstić information content (AvgIpc) is 2.62. The summed E-state index contributed by atoms with van der Waals surface area (Å²) in [6.45, 7) is 2.07. The minimum Gasteiger partial charge on any atom is -0.397 e. The number of pyridine rings is 1. The zero-order chi connectivity index (χ0) is 10.4. The van der Waals surface area contributed by atoms with E-state index in [0.29, 0.717) is 0 Å². The Morgan fingerprint density at radius 2 is 2.07 bits per heavy atom. The van der Waals surface area contributed by atoms with Crippen LogP contribution < -0.4 is 5.73 Å². The first-order valence-corrected chi connectivity index (χ1v) is 5.52. The van der Waals surface area contributed by atoms with Crippen molar-refractivity contribution in [2.24, 2.45) is 0 Å². The summed E-state index contributed by atoms with van der Waals surface area (Å²) in [5, 5.41) is 0. The second-order valence-electron chi connectivity index (χ2n) is 4.28. The topological polar surface area (TPSA) is 43.3 Å². The van der Waals surface area contributed by atoms with Gasteiger partial charge in [0.1, 0.15) is 5.65 Å². The summed E-state index contributed by atoms with van der Waals surface area (Å²) in [5.74, 6) is 0. The number of fused-ring (bicyclic) bond motifs is 3. The molecule has 2 aromatic heterocycles. The average molecular weight is 201 g/mol. The minimum absolute atomic E-state index is 0.855. The number of nitrogens with two attached hydrogens (primary N) is 1. The fourth-order valence-corrected chi connectivity index (χ4v) is 2.46. The predicted octanol–water partition coefficient (Wildman–Crippen LogP) is 2.10. The highest BCUT2D eigenvalue weighted by molar-refractivity contribution is 5.55. The molecule has 0 spiro atoms. The Balaban J connectivity index is 2.39. The summed E-state index contributed by atoms with van der Waals surface area (Å²) in [5.41, 5.74) is 11.6. The van der Waals surface area contributed by atoms with Crippen LogP contribution in [0, 0.1) is 6.92 Å². The minimum atomic E-state index is 0.855. The second kappa shape index (κ2) is 2.99. The van der Waals surface area contributed by atoms with E-state index in [-0.39, 0.29) is 0 Å². The molecular weight excluding hydrogens is 186 g/mol. The summed E-state index contributed by atoms with van der Waals surface area (Å²) in [6, 6.07) is 3.96. The number of nitrogens with zero attached hydrogens (tertiary/aromatic N) is 2. The molecule has 0 aliphatic heterocycles. The summed E-state index contributed by atoms with van der Waals surface area (Å²) < 4.78 is 2.23. The van der Waals surface area contributed by atoms with Crippen molar-refractivity contribution in [2.45, 2.75) is 32.6 Å². The van der Waals surface area contributed by atoms with Crippen molar-refractivity contribution in [3.63, 3.8) is 0 Å². The van der Waals surface area contributed by atoms with Crippen LogP contribution in [0.2, 0.25) is 0 Å². The first kappa shape index (κ1) is 8.77. The fraction of sp³-hybridized carbons (Fsp3) is 0.417. The molecule has 78 valence electrons. The van der Waals surface area contributed by atoms with Crippen LogP contribution in [0.25, 0.3) is 5.65 Å². The van der Waals surface area contributed by atoms with E-state index in [4.69, 9.17) is 5.73 Å². The molecule has 1 aliphatic rings. The second-order valence-corrected chi connectivity index (χ2v) is 4.28. The highest BCUT2D eigenvalue weighted by Crippen LogP contribution is 2.25. The third kappa shape index (κ3) is 1.16. The Bertz CT molecular complexity index is 525. The van der Waals surface area contributed by atoms with Crippen LogP contribution in [-0.2, 0) is 12.8 Å². The van der Waals surface area contributed by atoms with Crippen LogP contribution in [0.1, 0.15) is 29.9 Å². The molecule has 0 atom stereocenters. The largest absolute Gasteiger partial charge is 0.397 e. The molecule has 2 heterocycles. The monoisotopic (exact) mass is 201 g/mol. The maximum absolute atomic E-state index is 5.93. The first-order chi connectivity index (χ1) is 7.27. The van der Waals surface area contributed by atoms with Gasteiger partial charge in [0, 0.05) is 11.4 Å². The Morgan fingerprint density at radius 3 is 2.93 bits per heavy atom. The third-order valence-corrected chi connectivity index (χ3v) is 3.32. The lowest BCUT2D eigenvalue weighted by Crippen LogP contribution is -2.06. The number of aromatic nitrogens is 2. The van der Waals surface area contributed by atoms with Crippen LogP contribution in [0.5, 0.6) is 0 Å². The molecule has 2 N–H and O–H groups in total. The number of hydrogen-bond acceptors (Lipinski definition) is 2. The van der Waals surface area contributed by atoms with Gasteiger partial charge in [0.05, 0.1) is 11.4 Å². The molecular formula is C12H15N3. The van der Waals surface area contributed by atoms with Crippen LogP contribution in [0.3, 0.4) is 0 Å². The summed E-state index contributed by atoms with van der Waals surface area (Å²) in [4.78, 5) is 4.66. The zero-order valence-corrected chi connectivity index (χ0v) is 8.95. The quantitative estimate of drug-likeness (QED) is 0.709. The third-order valence-electron chi connectivity index (χ3n) is 3.32. The van der Waals surface area contributed by atoms with E-state index in [1.165, 1.54) is 24.2 Å². The number of anilines is 1. The molecule has 0 bridgehead atoms. The van der Waals surface area contributed by atoms with Gasteiger partial charge in [-0.1, -0.05) is 0 Å². The molecule has 0 fully saturated rings. The normalized spacial score (nSPS) is 15.5. The van der Waals surface area contributed by atoms with E-state index in [1.54, 1.807) is 0 Å². The summed E-state index contributed by atoms with van der Waals surface area (Å²) in [6.07, 6.45) is 4.80. The van der Waals surface area contributed by atoms with E-state index in [9.17, 15) is 0 Å². The van der Waals surface area contributed by atoms with Crippen LogP contribution in [-0.4, -0.2) is 9.38 Å². The van der Waals surface area contributed by atoms with Gasteiger partial charge in [-0.05, 0) is 44.7 Å². The van der Waals surface area contributed by atoms with Gasteiger partial charge in [0.25, 0.3) is 0 Å². The Hall–Kier alpha value is -1.51. The van der Waals surface area contributed by atoms with Gasteiger partial charge < -0.3 is 5.73 Å². The number of aryl methyl sites for hydroxylation is 3. The van der Waals surface area contributed by atoms with Crippen LogP contribution in [0.4, 0.5) is 5.69 Å². The van der Waals surface area contributed by atoms with Crippen molar-refractivity contribution in [3.05, 3.63) is 29.2 Å². The molecule has 3 rings (SSSR count). The SMILES string of the molecule is Cc1c(N)ccc2nc3c(n12)CCCC3. The lowest BCUT2D eigenvalue weighted by atomic mass is 10.0. The molecule has 3 heteroatoms. The molecule has 0 aromatic carbocycles. The predicted molar refractivity (Wildman–Crippen MR) is 61.0 cm³/mol. The van der Waals surface area contributed by atoms with E-state index in [2.05, 4.69) is 16.3 Å². The van der Waals surface area contributed by atoms with Gasteiger partial charge in [-0.2, -0.15) is 0 Å². The lowest BCUT2D eigenvalue weighted by Gasteiger charge is -2.12. The van der Waals surface area contributed by atoms with Gasteiger partial charge in [-0.15, -0.1) is 0 Å². The fourth-order valence-electron chi connectivity index (χ4n) is 2.46. The number of nitrogen functional groups attached to an aromatic ring is 1. The van der Waals surface area contributed by atoms with E-state index in [0.717, 1.165) is 29.9 Å². The van der Waals surface area contributed by atoms with Gasteiger partial charge in [-0.3, -0.25) is 4.40 Å². The van der Waals surface area contributed by atoms with E-state index < -0.39 is 0 Å². The lowest BCUT2D eigenvalue weighted by molar-refractivity contribution is 0.658. The number of rotatable bonds is 0. The number of hydrogen-bond donors (Lipinski definition) is 1. The van der Waals surface area contributed by atoms with Crippen molar-refractivity contribution in [1.29, 1.82) is 0 Å². The first-order valence-electron chi connectivity index (χ1n) is 5.52. The molecule has 2 aromatic rings.